The van der Waals surface area contributed by atoms with E-state index in [9.17, 15) is 16.4 Å². The lowest BCUT2D eigenvalue weighted by Crippen LogP contribution is -2.61. The Balaban J connectivity index is 0.939. The van der Waals surface area contributed by atoms with Crippen LogP contribution >= 0.6 is 0 Å². The topological polar surface area (TPSA) is 26.2 Å². The van der Waals surface area contributed by atoms with E-state index < -0.39 is 109 Å². The van der Waals surface area contributed by atoms with Crippen molar-refractivity contribution in [2.24, 2.45) is 0 Å². The van der Waals surface area contributed by atoms with Crippen molar-refractivity contribution in [2.45, 2.75) is 78.6 Å². The number of hydrogen-bond acceptors (Lipinski definition) is 2. The van der Waals surface area contributed by atoms with Gasteiger partial charge in [-0.25, -0.2) is 0 Å². The van der Waals surface area contributed by atoms with E-state index in [1.54, 1.807) is 9.13 Å². The molecule has 19 aromatic rings. The first-order chi connectivity index (χ1) is 59.6. The Hall–Kier alpha value is -12.8. The molecule has 0 spiro atoms. The summed E-state index contributed by atoms with van der Waals surface area (Å²) in [6.45, 7) is 19.3. The van der Waals surface area contributed by atoms with Crippen LogP contribution in [0.2, 0.25) is 0 Å². The first kappa shape index (κ1) is 49.9. The van der Waals surface area contributed by atoms with E-state index in [1.165, 1.54) is 11.1 Å². The Morgan fingerprint density at radius 1 is 0.248 bits per heavy atom. The van der Waals surface area contributed by atoms with E-state index in [0.717, 1.165) is 122 Å². The van der Waals surface area contributed by atoms with Gasteiger partial charge in [-0.2, -0.15) is 0 Å². The molecule has 109 heavy (non-hydrogen) atoms. The van der Waals surface area contributed by atoms with E-state index in [0.29, 0.717) is 22.7 Å². The molecule has 522 valence electrons. The molecule has 4 aromatic heterocycles. The molecule has 15 aromatic carbocycles. The van der Waals surface area contributed by atoms with E-state index in [4.69, 9.17) is 5.48 Å². The monoisotopic (exact) mass is 1420 g/mol. The van der Waals surface area contributed by atoms with Gasteiger partial charge in [0.05, 0.1) is 77.4 Å². The number of nitrogens with zero attached hydrogens (tertiary/aromatic N) is 6. The number of benzene rings is 15. The Bertz CT molecular complexity index is 7730. The van der Waals surface area contributed by atoms with E-state index in [2.05, 4.69) is 233 Å². The summed E-state index contributed by atoms with van der Waals surface area (Å²) in [6, 6.07) is 72.1. The van der Waals surface area contributed by atoms with Crippen LogP contribution in [0.25, 0.3) is 132 Å². The molecule has 6 nitrogen and oxygen atoms in total. The Morgan fingerprint density at radius 3 is 1.12 bits per heavy atom. The van der Waals surface area contributed by atoms with Gasteiger partial charge in [-0.1, -0.05) is 262 Å². The molecule has 0 fully saturated rings. The molecular formula is C102H81BN6. The van der Waals surface area contributed by atoms with Crippen LogP contribution in [-0.4, -0.2) is 25.0 Å². The average molecular weight is 1420 g/mol. The van der Waals surface area contributed by atoms with Gasteiger partial charge in [0.1, 0.15) is 0 Å². The van der Waals surface area contributed by atoms with Crippen molar-refractivity contribution in [3.63, 3.8) is 0 Å². The van der Waals surface area contributed by atoms with Crippen molar-refractivity contribution in [3.05, 3.63) is 344 Å². The molecule has 2 aliphatic heterocycles. The third kappa shape index (κ3) is 9.88. The van der Waals surface area contributed by atoms with Gasteiger partial charge in [-0.05, 0) is 199 Å². The molecule has 0 atom stereocenters. The Kier molecular flexibility index (Phi) is 10.9. The number of rotatable bonds is 8. The second kappa shape index (κ2) is 23.8. The van der Waals surface area contributed by atoms with Crippen LogP contribution < -0.4 is 26.2 Å². The van der Waals surface area contributed by atoms with Gasteiger partial charge in [0, 0.05) is 88.6 Å². The van der Waals surface area contributed by atoms with Gasteiger partial charge in [0.15, 0.2) is 0 Å². The van der Waals surface area contributed by atoms with Crippen molar-refractivity contribution in [1.29, 1.82) is 0 Å². The van der Waals surface area contributed by atoms with Gasteiger partial charge in [0.25, 0.3) is 6.71 Å². The van der Waals surface area contributed by atoms with Crippen molar-refractivity contribution in [1.82, 2.24) is 18.3 Å². The molecule has 0 radical (unpaired) electrons. The normalized spacial score (nSPS) is 15.2. The maximum Gasteiger partial charge on any atom is 0.252 e. The summed E-state index contributed by atoms with van der Waals surface area (Å²) < 4.78 is 159. The maximum absolute atomic E-state index is 9.92. The fraction of sp³-hybridized carbons (Fsp3) is 0.118. The SMILES string of the molecule is [2H]c1c([2H])c([2H])c2c(c1[2H])c1c([2H])c([2H])c([2H])c([2H])c1n2-c1ccc2c(c1)N(c1cc(-c3ccccc3)cc(-c3ccccc3)c1)c1cc(C(C)(C)C)cc3c1B2c1ccc(-n2c4c([2H])c([2H])c([2H])c([2H])c4c4c([2H])c([2H])c([2H])c([2H])c42)cc1N3c1cccc2c3cccc(-n4c5ccc(C(C)(C)C)cc5c5cc(C(C)(C)C)ccc54)c3n(-c3ccccc3)c12. The van der Waals surface area contributed by atoms with Crippen molar-refractivity contribution in [3.8, 4) is 45.0 Å². The summed E-state index contributed by atoms with van der Waals surface area (Å²) in [7, 11) is 0. The van der Waals surface area contributed by atoms with Gasteiger partial charge >= 0.3 is 0 Å². The molecule has 2 aliphatic rings. The largest absolute Gasteiger partial charge is 0.311 e. The van der Waals surface area contributed by atoms with Crippen molar-refractivity contribution >= 4 is 144 Å². The summed E-state index contributed by atoms with van der Waals surface area (Å²) >= 11 is 0. The van der Waals surface area contributed by atoms with E-state index >= 15 is 0 Å². The smallest absolute Gasteiger partial charge is 0.252 e. The minimum atomic E-state index is -0.750. The van der Waals surface area contributed by atoms with Crippen LogP contribution in [0.4, 0.5) is 34.1 Å². The quantitative estimate of drug-likeness (QED) is 0.142. The molecule has 0 bridgehead atoms. The van der Waals surface area contributed by atoms with Crippen LogP contribution in [0.1, 0.15) is 101 Å². The van der Waals surface area contributed by atoms with Crippen molar-refractivity contribution < 1.29 is 21.9 Å². The predicted molar refractivity (Wildman–Crippen MR) is 465 cm³/mol. The number of fused-ring (bicyclic) bond motifs is 16. The highest BCUT2D eigenvalue weighted by Gasteiger charge is 2.46. The van der Waals surface area contributed by atoms with Crippen LogP contribution in [0.5, 0.6) is 0 Å². The third-order valence-corrected chi connectivity index (χ3v) is 22.6. The Morgan fingerprint density at radius 2 is 0.661 bits per heavy atom. The summed E-state index contributed by atoms with van der Waals surface area (Å²) in [5, 5.41) is 3.83. The molecule has 0 amide bonds. The van der Waals surface area contributed by atoms with E-state index in [-0.39, 0.29) is 54.4 Å². The summed E-state index contributed by atoms with van der Waals surface area (Å²) in [6.07, 6.45) is 0. The lowest BCUT2D eigenvalue weighted by atomic mass is 9.33. The fourth-order valence-corrected chi connectivity index (χ4v) is 17.4. The second-order valence-corrected chi connectivity index (χ2v) is 32.2. The summed E-state index contributed by atoms with van der Waals surface area (Å²) in [5.41, 5.74) is 18.5. The fourth-order valence-electron chi connectivity index (χ4n) is 17.4. The number of aromatic nitrogens is 4. The molecule has 0 N–H and O–H groups in total. The number of hydrogen-bond donors (Lipinski definition) is 0. The molecular weight excluding hydrogens is 1320 g/mol. The zero-order valence-corrected chi connectivity index (χ0v) is 61.7. The molecule has 21 rings (SSSR count). The zero-order valence-electron chi connectivity index (χ0n) is 77.7. The van der Waals surface area contributed by atoms with Crippen LogP contribution in [0.15, 0.2) is 327 Å². The van der Waals surface area contributed by atoms with Crippen LogP contribution in [-0.2, 0) is 16.2 Å². The summed E-state index contributed by atoms with van der Waals surface area (Å²) in [4.78, 5) is 4.59. The lowest BCUT2D eigenvalue weighted by molar-refractivity contribution is 0.590. The van der Waals surface area contributed by atoms with E-state index in [1.807, 2.05) is 78.9 Å². The highest BCUT2D eigenvalue weighted by molar-refractivity contribution is 7.00. The first-order valence-corrected chi connectivity index (χ1v) is 37.2. The van der Waals surface area contributed by atoms with Crippen molar-refractivity contribution in [2.75, 3.05) is 9.80 Å². The van der Waals surface area contributed by atoms with Gasteiger partial charge < -0.3 is 28.1 Å². The molecule has 0 unspecified atom stereocenters. The average Bonchev–Trinajstić information content (AvgIpc) is 1.63. The van der Waals surface area contributed by atoms with Crippen LogP contribution in [0.3, 0.4) is 0 Å². The minimum Gasteiger partial charge on any atom is -0.311 e. The number of anilines is 6. The highest BCUT2D eigenvalue weighted by atomic mass is 15.2. The maximum atomic E-state index is 9.92. The number of para-hydroxylation sites is 7. The third-order valence-electron chi connectivity index (χ3n) is 22.6. The summed E-state index contributed by atoms with van der Waals surface area (Å²) in [5.74, 6) is 0. The van der Waals surface area contributed by atoms with Crippen LogP contribution in [0, 0.1) is 0 Å². The minimum absolute atomic E-state index is 0.0462. The lowest BCUT2D eigenvalue weighted by Gasteiger charge is -2.45. The molecule has 0 saturated carbocycles. The highest BCUT2D eigenvalue weighted by Crippen LogP contribution is 2.53. The van der Waals surface area contributed by atoms with Gasteiger partial charge in [-0.15, -0.1) is 0 Å². The molecule has 7 heteroatoms. The predicted octanol–water partition coefficient (Wildman–Crippen LogP) is 25.4. The standard InChI is InChI=1S/C102H81BN6/c1-100(2,3)68-47-53-89-81(58-68)82-59-69(101(4,5)6)48-54-90(82)108(89)91-45-27-39-79-80-40-28-46-92(99(80)107(98(79)91)71-33-17-12-18-34-71)109-94-63-73(105-87-43-25-21-37-77(87)78-38-22-26-44-88(78)105)50-52-84(94)103-83-51-49-72(104-85-41-23-19-35-75(85)76-36-20-24-42-86(76)104)62-93(83)106(95-60-70(102(7,8)9)61-96(109)97(95)103)74-56-66(64-29-13-10-14-30-64)55-67(57-74)65-31-15-11-16-32-65/h10-63H,1-9H3/i19D,20D,21D,22D,23D,24D,25D,26D,35D,36D,37D,38D,41D,42D,43D,44D. The van der Waals surface area contributed by atoms with Gasteiger partial charge in [0.2, 0.25) is 0 Å². The Labute approximate surface area is 658 Å². The first-order valence-electron chi connectivity index (χ1n) is 45.2. The second-order valence-electron chi connectivity index (χ2n) is 32.2. The molecule has 6 heterocycles. The molecule has 0 aliphatic carbocycles. The van der Waals surface area contributed by atoms with Gasteiger partial charge in [-0.3, -0.25) is 0 Å². The molecule has 0 saturated heterocycles. The zero-order chi connectivity index (χ0) is 87.4.